The minimum atomic E-state index is -0.815. The second-order valence-corrected chi connectivity index (χ2v) is 6.23. The molecule has 2 aliphatic carbocycles. The minimum absolute atomic E-state index is 0.0234. The van der Waals surface area contributed by atoms with E-state index in [0.717, 1.165) is 12.0 Å². The second kappa shape index (κ2) is 3.41. The molecule has 3 heteroatoms. The minimum Gasteiger partial charge on any atom is -0.390 e. The first kappa shape index (κ1) is 11.8. The first-order chi connectivity index (χ1) is 7.24. The van der Waals surface area contributed by atoms with E-state index in [1.54, 1.807) is 6.08 Å². The Morgan fingerprint density at radius 2 is 1.88 bits per heavy atom. The molecule has 0 radical (unpaired) electrons. The molecule has 90 valence electrons. The molecule has 1 saturated carbocycles. The van der Waals surface area contributed by atoms with Crippen LogP contribution in [0.15, 0.2) is 11.6 Å². The summed E-state index contributed by atoms with van der Waals surface area (Å²) in [5.41, 5.74) is 0.435. The van der Waals surface area contributed by atoms with Gasteiger partial charge in [-0.1, -0.05) is 25.5 Å². The zero-order valence-electron chi connectivity index (χ0n) is 10.2. The van der Waals surface area contributed by atoms with Gasteiger partial charge in [-0.3, -0.25) is 4.79 Å². The number of hydrogen-bond acceptors (Lipinski definition) is 3. The lowest BCUT2D eigenvalue weighted by Crippen LogP contribution is -2.47. The largest absolute Gasteiger partial charge is 0.390 e. The predicted molar refractivity (Wildman–Crippen MR) is 60.8 cm³/mol. The molecule has 1 fully saturated rings. The molecule has 3 nitrogen and oxygen atoms in total. The van der Waals surface area contributed by atoms with Gasteiger partial charge in [-0.25, -0.2) is 0 Å². The highest BCUT2D eigenvalue weighted by Crippen LogP contribution is 2.50. The normalized spacial score (nSPS) is 42.6. The molecular weight excluding hydrogens is 204 g/mol. The van der Waals surface area contributed by atoms with Crippen molar-refractivity contribution in [2.75, 3.05) is 0 Å². The van der Waals surface area contributed by atoms with Gasteiger partial charge in [-0.15, -0.1) is 0 Å². The average molecular weight is 224 g/mol. The molecule has 0 spiro atoms. The zero-order valence-corrected chi connectivity index (χ0v) is 10.2. The average Bonchev–Trinajstić information content (AvgIpc) is 2.11. The number of hydrogen-bond donors (Lipinski definition) is 2. The third-order valence-corrected chi connectivity index (χ3v) is 4.02. The van der Waals surface area contributed by atoms with E-state index in [9.17, 15) is 15.0 Å². The number of aliphatic hydroxyl groups excluding tert-OH is 2. The van der Waals surface area contributed by atoms with E-state index >= 15 is 0 Å². The van der Waals surface area contributed by atoms with E-state index in [1.807, 2.05) is 6.92 Å². The van der Waals surface area contributed by atoms with Crippen LogP contribution in [-0.4, -0.2) is 28.2 Å². The molecule has 0 heterocycles. The fraction of sp³-hybridized carbons (Fsp3) is 0.769. The molecule has 0 aromatic heterocycles. The number of Topliss-reactive ketones (excluding diaryl/α,β-unsaturated/α-hetero) is 1. The van der Waals surface area contributed by atoms with Crippen molar-refractivity contribution in [3.05, 3.63) is 11.6 Å². The van der Waals surface area contributed by atoms with Gasteiger partial charge >= 0.3 is 0 Å². The van der Waals surface area contributed by atoms with Crippen molar-refractivity contribution >= 4 is 5.78 Å². The maximum atomic E-state index is 12.2. The third kappa shape index (κ3) is 1.72. The predicted octanol–water partition coefficient (Wildman–Crippen LogP) is 1.43. The molecule has 2 aliphatic rings. The smallest absolute Gasteiger partial charge is 0.143 e. The lowest BCUT2D eigenvalue weighted by molar-refractivity contribution is -0.134. The second-order valence-electron chi connectivity index (χ2n) is 6.23. The van der Waals surface area contributed by atoms with Crippen molar-refractivity contribution in [1.29, 1.82) is 0 Å². The Morgan fingerprint density at radius 3 is 2.50 bits per heavy atom. The highest BCUT2D eigenvalue weighted by Gasteiger charge is 2.49. The first-order valence-electron chi connectivity index (χ1n) is 5.85. The van der Waals surface area contributed by atoms with Crippen LogP contribution in [0.5, 0.6) is 0 Å². The number of rotatable bonds is 0. The van der Waals surface area contributed by atoms with E-state index < -0.39 is 17.6 Å². The van der Waals surface area contributed by atoms with Gasteiger partial charge in [0.15, 0.2) is 0 Å². The summed E-state index contributed by atoms with van der Waals surface area (Å²) in [6.07, 6.45) is 1.81. The lowest BCUT2D eigenvalue weighted by Gasteiger charge is -2.46. The van der Waals surface area contributed by atoms with Gasteiger partial charge in [0.05, 0.1) is 12.2 Å². The van der Waals surface area contributed by atoms with Crippen molar-refractivity contribution in [2.45, 2.75) is 52.2 Å². The number of carbonyl (C=O) groups is 1. The summed E-state index contributed by atoms with van der Waals surface area (Å²) >= 11 is 0. The van der Waals surface area contributed by atoms with Crippen molar-refractivity contribution < 1.29 is 15.0 Å². The summed E-state index contributed by atoms with van der Waals surface area (Å²) in [7, 11) is 0. The zero-order chi connectivity index (χ0) is 12.1. The van der Waals surface area contributed by atoms with E-state index in [0.29, 0.717) is 12.8 Å². The van der Waals surface area contributed by atoms with Crippen molar-refractivity contribution in [2.24, 2.45) is 10.8 Å². The number of carbonyl (C=O) groups excluding carboxylic acids is 1. The van der Waals surface area contributed by atoms with E-state index in [2.05, 4.69) is 13.8 Å². The Bertz CT molecular complexity index is 356. The van der Waals surface area contributed by atoms with Gasteiger partial charge in [0.2, 0.25) is 0 Å². The molecular formula is C13H20O3. The van der Waals surface area contributed by atoms with E-state index in [1.165, 1.54) is 0 Å². The monoisotopic (exact) mass is 224 g/mol. The SMILES string of the molecule is CC1(C)CC(=O)C2(C)CC(O)C(O)C=C2C1. The lowest BCUT2D eigenvalue weighted by atomic mass is 9.58. The maximum Gasteiger partial charge on any atom is 0.143 e. The highest BCUT2D eigenvalue weighted by atomic mass is 16.3. The van der Waals surface area contributed by atoms with E-state index in [-0.39, 0.29) is 11.2 Å². The molecule has 0 bridgehead atoms. The highest BCUT2D eigenvalue weighted by molar-refractivity contribution is 5.89. The Hall–Kier alpha value is -0.670. The molecule has 2 N–H and O–H groups in total. The van der Waals surface area contributed by atoms with Crippen LogP contribution in [0.4, 0.5) is 0 Å². The molecule has 0 amide bonds. The third-order valence-electron chi connectivity index (χ3n) is 4.02. The molecule has 3 unspecified atom stereocenters. The van der Waals surface area contributed by atoms with E-state index in [4.69, 9.17) is 0 Å². The van der Waals surface area contributed by atoms with Crippen molar-refractivity contribution in [3.63, 3.8) is 0 Å². The van der Waals surface area contributed by atoms with Crippen LogP contribution in [0.3, 0.4) is 0 Å². The van der Waals surface area contributed by atoms with Crippen molar-refractivity contribution in [3.8, 4) is 0 Å². The van der Waals surface area contributed by atoms with Crippen LogP contribution >= 0.6 is 0 Å². The number of aliphatic hydroxyl groups is 2. The number of fused-ring (bicyclic) bond motifs is 1. The molecule has 3 atom stereocenters. The summed E-state index contributed by atoms with van der Waals surface area (Å²) in [4.78, 5) is 12.2. The topological polar surface area (TPSA) is 57.5 Å². The molecule has 0 aromatic rings. The van der Waals surface area contributed by atoms with Gasteiger partial charge in [0.1, 0.15) is 5.78 Å². The summed E-state index contributed by atoms with van der Waals surface area (Å²) in [6, 6.07) is 0. The Labute approximate surface area is 96.2 Å². The van der Waals surface area contributed by atoms with Crippen LogP contribution in [0.2, 0.25) is 0 Å². The molecule has 2 rings (SSSR count). The summed E-state index contributed by atoms with van der Waals surface area (Å²) < 4.78 is 0. The van der Waals surface area contributed by atoms with Crippen LogP contribution in [0.25, 0.3) is 0 Å². The first-order valence-corrected chi connectivity index (χ1v) is 5.85. The molecule has 0 saturated heterocycles. The van der Waals surface area contributed by atoms with Gasteiger partial charge in [-0.2, -0.15) is 0 Å². The van der Waals surface area contributed by atoms with Crippen LogP contribution < -0.4 is 0 Å². The van der Waals surface area contributed by atoms with Crippen molar-refractivity contribution in [1.82, 2.24) is 0 Å². The Morgan fingerprint density at radius 1 is 1.25 bits per heavy atom. The quantitative estimate of drug-likeness (QED) is 0.612. The van der Waals surface area contributed by atoms with Gasteiger partial charge < -0.3 is 10.2 Å². The van der Waals surface area contributed by atoms with Gasteiger partial charge in [0, 0.05) is 11.8 Å². The van der Waals surface area contributed by atoms with Crippen LogP contribution in [-0.2, 0) is 4.79 Å². The molecule has 16 heavy (non-hydrogen) atoms. The summed E-state index contributed by atoms with van der Waals surface area (Å²) in [5.74, 6) is 0.195. The summed E-state index contributed by atoms with van der Waals surface area (Å²) in [6.45, 7) is 6.04. The maximum absolute atomic E-state index is 12.2. The molecule has 0 aliphatic heterocycles. The number of allylic oxidation sites excluding steroid dienone is 1. The van der Waals surface area contributed by atoms with Crippen LogP contribution in [0, 0.1) is 10.8 Å². The van der Waals surface area contributed by atoms with Crippen LogP contribution in [0.1, 0.15) is 40.0 Å². The van der Waals surface area contributed by atoms with Gasteiger partial charge in [0.25, 0.3) is 0 Å². The van der Waals surface area contributed by atoms with Gasteiger partial charge in [-0.05, 0) is 25.2 Å². The Balaban J connectivity index is 2.41. The molecule has 0 aromatic carbocycles. The summed E-state index contributed by atoms with van der Waals surface area (Å²) in [5, 5.41) is 19.3. The fourth-order valence-corrected chi connectivity index (χ4v) is 2.93. The number of ketones is 1. The Kier molecular flexibility index (Phi) is 2.52. The fourth-order valence-electron chi connectivity index (χ4n) is 2.93. The standard InChI is InChI=1S/C13H20O3/c1-12(2)5-8-4-9(14)10(15)6-13(8,3)11(16)7-12/h4,9-10,14-15H,5-7H2,1-3H3.